The molecule has 0 aliphatic heterocycles. The SMILES string of the molecule is CC(C)CCC[C@@H](C)[C@H]1CC[C@H]2[C@@H]3CC=C4C[C@@H](n5cc(CCCCC(=O)O)nn5)CC[C@]4(C)[C@H]3CC[C@]12C. The van der Waals surface area contributed by atoms with Crippen LogP contribution in [0.1, 0.15) is 136 Å². The van der Waals surface area contributed by atoms with E-state index in [1.165, 1.54) is 64.2 Å². The van der Waals surface area contributed by atoms with Gasteiger partial charge in [0.1, 0.15) is 0 Å². The number of carbonyl (C=O) groups is 1. The normalized spacial score (nSPS) is 36.7. The summed E-state index contributed by atoms with van der Waals surface area (Å²) in [4.78, 5) is 10.8. The molecule has 218 valence electrons. The first-order valence-corrected chi connectivity index (χ1v) is 16.4. The van der Waals surface area contributed by atoms with Gasteiger partial charge in [-0.15, -0.1) is 5.10 Å². The van der Waals surface area contributed by atoms with Gasteiger partial charge >= 0.3 is 5.97 Å². The molecule has 0 aromatic carbocycles. The Morgan fingerprint density at radius 3 is 2.64 bits per heavy atom. The van der Waals surface area contributed by atoms with Crippen molar-refractivity contribution in [3.63, 3.8) is 0 Å². The van der Waals surface area contributed by atoms with Crippen LogP contribution in [0.3, 0.4) is 0 Å². The van der Waals surface area contributed by atoms with E-state index in [0.717, 1.165) is 60.5 Å². The highest BCUT2D eigenvalue weighted by molar-refractivity contribution is 5.66. The summed E-state index contributed by atoms with van der Waals surface area (Å²) in [6.07, 6.45) is 22.3. The third-order valence-corrected chi connectivity index (χ3v) is 12.3. The molecule has 0 radical (unpaired) electrons. The lowest BCUT2D eigenvalue weighted by Gasteiger charge is -2.58. The summed E-state index contributed by atoms with van der Waals surface area (Å²) in [5.41, 5.74) is 3.63. The molecule has 3 fully saturated rings. The lowest BCUT2D eigenvalue weighted by atomic mass is 9.47. The van der Waals surface area contributed by atoms with E-state index < -0.39 is 5.97 Å². The number of aliphatic carboxylic acids is 1. The Bertz CT molecular complexity index is 1030. The van der Waals surface area contributed by atoms with Gasteiger partial charge in [0.05, 0.1) is 11.7 Å². The van der Waals surface area contributed by atoms with Crippen molar-refractivity contribution < 1.29 is 9.90 Å². The second kappa shape index (κ2) is 11.7. The maximum atomic E-state index is 10.8. The Morgan fingerprint density at radius 2 is 1.87 bits per heavy atom. The van der Waals surface area contributed by atoms with E-state index in [-0.39, 0.29) is 6.42 Å². The van der Waals surface area contributed by atoms with E-state index in [1.54, 1.807) is 5.57 Å². The van der Waals surface area contributed by atoms with Crippen LogP contribution in [0, 0.1) is 46.3 Å². The molecule has 0 amide bonds. The van der Waals surface area contributed by atoms with Crippen molar-refractivity contribution in [3.8, 4) is 0 Å². The maximum Gasteiger partial charge on any atom is 0.303 e. The van der Waals surface area contributed by atoms with Gasteiger partial charge in [0.2, 0.25) is 0 Å². The summed E-state index contributed by atoms with van der Waals surface area (Å²) >= 11 is 0. The highest BCUT2D eigenvalue weighted by atomic mass is 16.4. The number of hydrogen-bond acceptors (Lipinski definition) is 3. The Kier molecular flexibility index (Phi) is 8.65. The minimum Gasteiger partial charge on any atom is -0.481 e. The second-order valence-corrected chi connectivity index (χ2v) is 15.0. The zero-order valence-electron chi connectivity index (χ0n) is 25.5. The van der Waals surface area contributed by atoms with Crippen LogP contribution in [0.25, 0.3) is 0 Å². The number of rotatable bonds is 11. The van der Waals surface area contributed by atoms with Gasteiger partial charge in [-0.1, -0.05) is 70.7 Å². The molecule has 0 saturated heterocycles. The van der Waals surface area contributed by atoms with E-state index in [1.807, 2.05) is 0 Å². The average Bonchev–Trinajstić information content (AvgIpc) is 3.50. The van der Waals surface area contributed by atoms with Gasteiger partial charge in [-0.25, -0.2) is 4.68 Å². The van der Waals surface area contributed by atoms with E-state index in [0.29, 0.717) is 23.3 Å². The summed E-state index contributed by atoms with van der Waals surface area (Å²) in [5.74, 6) is 4.57. The summed E-state index contributed by atoms with van der Waals surface area (Å²) in [6, 6.07) is 0.414. The number of aryl methyl sites for hydroxylation is 1. The van der Waals surface area contributed by atoms with E-state index >= 15 is 0 Å². The molecule has 0 spiro atoms. The molecule has 1 heterocycles. The van der Waals surface area contributed by atoms with Crippen LogP contribution in [0.5, 0.6) is 0 Å². The summed E-state index contributed by atoms with van der Waals surface area (Å²) in [7, 11) is 0. The number of aromatic nitrogens is 3. The molecule has 39 heavy (non-hydrogen) atoms. The molecular weight excluding hydrogens is 482 g/mol. The minimum absolute atomic E-state index is 0.240. The topological polar surface area (TPSA) is 68.0 Å². The third-order valence-electron chi connectivity index (χ3n) is 12.3. The maximum absolute atomic E-state index is 10.8. The monoisotopic (exact) mass is 537 g/mol. The van der Waals surface area contributed by atoms with E-state index in [9.17, 15) is 4.79 Å². The fourth-order valence-electron chi connectivity index (χ4n) is 10.1. The fraction of sp³-hybridized carbons (Fsp3) is 0.853. The molecule has 0 unspecified atom stereocenters. The van der Waals surface area contributed by atoms with Crippen LogP contribution in [-0.4, -0.2) is 26.1 Å². The van der Waals surface area contributed by atoms with Crippen molar-refractivity contribution in [2.75, 3.05) is 0 Å². The number of allylic oxidation sites excluding steroid dienone is 2. The Morgan fingerprint density at radius 1 is 1.05 bits per heavy atom. The van der Waals surface area contributed by atoms with Crippen LogP contribution in [0.4, 0.5) is 0 Å². The molecule has 5 nitrogen and oxygen atoms in total. The number of nitrogens with zero attached hydrogens (tertiary/aromatic N) is 3. The molecule has 3 saturated carbocycles. The lowest BCUT2D eigenvalue weighted by Crippen LogP contribution is -2.50. The highest BCUT2D eigenvalue weighted by Gasteiger charge is 2.59. The minimum atomic E-state index is -0.714. The first kappa shape index (κ1) is 28.9. The first-order chi connectivity index (χ1) is 18.6. The largest absolute Gasteiger partial charge is 0.481 e. The van der Waals surface area contributed by atoms with Gasteiger partial charge in [-0.05, 0) is 117 Å². The van der Waals surface area contributed by atoms with Crippen LogP contribution < -0.4 is 0 Å². The van der Waals surface area contributed by atoms with Crippen LogP contribution in [0.15, 0.2) is 17.8 Å². The fourth-order valence-corrected chi connectivity index (χ4v) is 10.1. The number of hydrogen-bond donors (Lipinski definition) is 1. The zero-order chi connectivity index (χ0) is 27.8. The number of carboxylic acids is 1. The van der Waals surface area contributed by atoms with Gasteiger partial charge in [-0.3, -0.25) is 4.79 Å². The predicted molar refractivity (Wildman–Crippen MR) is 157 cm³/mol. The van der Waals surface area contributed by atoms with Crippen molar-refractivity contribution >= 4 is 5.97 Å². The molecule has 8 atom stereocenters. The van der Waals surface area contributed by atoms with Gasteiger partial charge in [0.15, 0.2) is 0 Å². The average molecular weight is 538 g/mol. The molecule has 4 aliphatic carbocycles. The van der Waals surface area contributed by atoms with Crippen molar-refractivity contribution in [1.29, 1.82) is 0 Å². The zero-order valence-corrected chi connectivity index (χ0v) is 25.5. The lowest BCUT2D eigenvalue weighted by molar-refractivity contribution is -0.137. The van der Waals surface area contributed by atoms with Crippen LogP contribution >= 0.6 is 0 Å². The Hall–Kier alpha value is -1.65. The van der Waals surface area contributed by atoms with Crippen molar-refractivity contribution in [3.05, 3.63) is 23.5 Å². The van der Waals surface area contributed by atoms with Crippen molar-refractivity contribution in [2.45, 2.75) is 137 Å². The van der Waals surface area contributed by atoms with Gasteiger partial charge < -0.3 is 5.11 Å². The third kappa shape index (κ3) is 5.75. The molecule has 1 aromatic heterocycles. The standard InChI is InChI=1S/C34H55N3O2/c1-23(2)9-8-10-24(3)29-15-16-30-28-14-13-25-21-27(17-19-33(25,4)31(28)18-20-34(29,30)5)37-22-26(35-36-37)11-6-7-12-32(38)39/h13,22-24,27-31H,6-12,14-21H2,1-5H3,(H,38,39)/t24-,27+,28+,29-,30+,31+,33+,34-/m1/s1. The van der Waals surface area contributed by atoms with Gasteiger partial charge in [-0.2, -0.15) is 0 Å². The molecule has 1 aromatic rings. The van der Waals surface area contributed by atoms with Crippen molar-refractivity contribution in [2.24, 2.45) is 46.3 Å². The molecule has 1 N–H and O–H groups in total. The van der Waals surface area contributed by atoms with Crippen LogP contribution in [0.2, 0.25) is 0 Å². The molecule has 5 rings (SSSR count). The molecule has 5 heteroatoms. The highest BCUT2D eigenvalue weighted by Crippen LogP contribution is 2.67. The smallest absolute Gasteiger partial charge is 0.303 e. The second-order valence-electron chi connectivity index (χ2n) is 15.0. The molecule has 0 bridgehead atoms. The number of unbranched alkanes of at least 4 members (excludes halogenated alkanes) is 1. The number of fused-ring (bicyclic) bond motifs is 5. The van der Waals surface area contributed by atoms with E-state index in [2.05, 4.69) is 61.9 Å². The number of carboxylic acid groups (broad SMARTS) is 1. The predicted octanol–water partition coefficient (Wildman–Crippen LogP) is 8.66. The summed E-state index contributed by atoms with van der Waals surface area (Å²) in [6.45, 7) is 12.6. The van der Waals surface area contributed by atoms with Crippen molar-refractivity contribution in [1.82, 2.24) is 15.0 Å². The Balaban J connectivity index is 1.22. The van der Waals surface area contributed by atoms with Gasteiger partial charge in [0, 0.05) is 12.6 Å². The van der Waals surface area contributed by atoms with Gasteiger partial charge in [0.25, 0.3) is 0 Å². The quantitative estimate of drug-likeness (QED) is 0.226. The molecular formula is C34H55N3O2. The van der Waals surface area contributed by atoms with E-state index in [4.69, 9.17) is 5.11 Å². The summed E-state index contributed by atoms with van der Waals surface area (Å²) in [5, 5.41) is 17.8. The molecule has 4 aliphatic rings. The Labute approximate surface area is 237 Å². The summed E-state index contributed by atoms with van der Waals surface area (Å²) < 4.78 is 2.12. The van der Waals surface area contributed by atoms with Crippen LogP contribution in [-0.2, 0) is 11.2 Å². The first-order valence-electron chi connectivity index (χ1n) is 16.4.